The maximum Gasteiger partial charge on any atom is 0.274 e. The van der Waals surface area contributed by atoms with E-state index in [1.54, 1.807) is 11.3 Å². The van der Waals surface area contributed by atoms with Crippen LogP contribution in [0, 0.1) is 5.92 Å². The van der Waals surface area contributed by atoms with Gasteiger partial charge < -0.3 is 10.2 Å². The Bertz CT molecular complexity index is 1250. The lowest BCUT2D eigenvalue weighted by molar-refractivity contribution is -0.114. The van der Waals surface area contributed by atoms with Crippen molar-refractivity contribution in [1.82, 2.24) is 19.6 Å². The first kappa shape index (κ1) is 21.6. The van der Waals surface area contributed by atoms with Crippen LogP contribution in [0.3, 0.4) is 0 Å². The Morgan fingerprint density at radius 3 is 2.71 bits per heavy atom. The molecule has 0 unspecified atom stereocenters. The van der Waals surface area contributed by atoms with Crippen molar-refractivity contribution in [2.24, 2.45) is 5.92 Å². The number of hydrogen-bond donors (Lipinski definition) is 1. The van der Waals surface area contributed by atoms with Crippen LogP contribution in [0.2, 0.25) is 0 Å². The van der Waals surface area contributed by atoms with E-state index in [-0.39, 0.29) is 11.8 Å². The number of aryl methyl sites for hydroxylation is 1. The van der Waals surface area contributed by atoms with E-state index in [0.717, 1.165) is 73.1 Å². The third kappa shape index (κ3) is 4.05. The number of nitrogens with zero attached hydrogens (tertiary/aromatic N) is 4. The van der Waals surface area contributed by atoms with Crippen molar-refractivity contribution in [3.8, 4) is 16.9 Å². The van der Waals surface area contributed by atoms with E-state index in [2.05, 4.69) is 21.7 Å². The van der Waals surface area contributed by atoms with Gasteiger partial charge in [0.25, 0.3) is 5.91 Å². The van der Waals surface area contributed by atoms with Crippen LogP contribution in [0.15, 0.2) is 35.7 Å². The second-order valence-corrected chi connectivity index (χ2v) is 10.6. The molecule has 3 aromatic rings. The lowest BCUT2D eigenvalue weighted by Crippen LogP contribution is -2.49. The predicted octanol–water partition coefficient (Wildman–Crippen LogP) is 3.83. The highest BCUT2D eigenvalue weighted by molar-refractivity contribution is 7.10. The molecule has 0 radical (unpaired) electrons. The van der Waals surface area contributed by atoms with Crippen molar-refractivity contribution < 1.29 is 9.59 Å². The molecule has 1 saturated heterocycles. The first-order valence-corrected chi connectivity index (χ1v) is 13.0. The maximum atomic E-state index is 13.7. The smallest absolute Gasteiger partial charge is 0.274 e. The molecule has 2 aliphatic carbocycles. The minimum atomic E-state index is -0.114. The Morgan fingerprint density at radius 1 is 1.12 bits per heavy atom. The Labute approximate surface area is 203 Å². The molecular weight excluding hydrogens is 446 g/mol. The maximum absolute atomic E-state index is 13.7. The van der Waals surface area contributed by atoms with Crippen molar-refractivity contribution in [2.75, 3.05) is 38.0 Å². The Morgan fingerprint density at radius 2 is 1.94 bits per heavy atom. The Hall–Kier alpha value is -2.97. The number of nitrogens with one attached hydrogen (secondary N) is 1. The zero-order chi connectivity index (χ0) is 23.2. The van der Waals surface area contributed by atoms with E-state index in [1.165, 1.54) is 31.2 Å². The van der Waals surface area contributed by atoms with Gasteiger partial charge >= 0.3 is 0 Å². The van der Waals surface area contributed by atoms with E-state index in [4.69, 9.17) is 5.10 Å². The summed E-state index contributed by atoms with van der Waals surface area (Å²) >= 11 is 1.76. The molecule has 1 saturated carbocycles. The lowest BCUT2D eigenvalue weighted by atomic mass is 9.94. The van der Waals surface area contributed by atoms with Crippen molar-refractivity contribution in [1.29, 1.82) is 0 Å². The predicted molar refractivity (Wildman–Crippen MR) is 134 cm³/mol. The third-order valence-corrected chi connectivity index (χ3v) is 8.05. The van der Waals surface area contributed by atoms with Crippen LogP contribution in [0.5, 0.6) is 0 Å². The summed E-state index contributed by atoms with van der Waals surface area (Å²) in [5.41, 5.74) is 5.36. The van der Waals surface area contributed by atoms with Crippen molar-refractivity contribution >= 4 is 28.8 Å². The average molecular weight is 476 g/mol. The van der Waals surface area contributed by atoms with Gasteiger partial charge in [0.2, 0.25) is 5.91 Å². The molecule has 6 rings (SSSR count). The fraction of sp³-hybridized carbons (Fsp3) is 0.423. The molecule has 1 N–H and O–H groups in total. The number of piperazine rings is 1. The highest BCUT2D eigenvalue weighted by Gasteiger charge is 2.33. The van der Waals surface area contributed by atoms with Crippen LogP contribution in [-0.4, -0.2) is 64.1 Å². The van der Waals surface area contributed by atoms with Gasteiger partial charge in [0, 0.05) is 61.3 Å². The van der Waals surface area contributed by atoms with E-state index in [9.17, 15) is 9.59 Å². The van der Waals surface area contributed by atoms with Crippen LogP contribution < -0.4 is 5.32 Å². The summed E-state index contributed by atoms with van der Waals surface area (Å²) in [7, 11) is 0. The number of carbonyl (C=O) groups is 2. The molecule has 7 nitrogen and oxygen atoms in total. The van der Waals surface area contributed by atoms with Gasteiger partial charge in [-0.3, -0.25) is 14.5 Å². The largest absolute Gasteiger partial charge is 0.335 e. The highest BCUT2D eigenvalue weighted by Crippen LogP contribution is 2.40. The fourth-order valence-corrected chi connectivity index (χ4v) is 6.05. The number of carbonyl (C=O) groups excluding carboxylic acids is 2. The molecule has 34 heavy (non-hydrogen) atoms. The SMILES string of the molecule is CC(=O)Nc1cccc(-n2nc(C(=O)N3CCN(CC4CC4)CC3)c3c2-c2ccsc2CC3)c1. The van der Waals surface area contributed by atoms with Crippen LogP contribution in [-0.2, 0) is 17.6 Å². The molecule has 0 atom stereocenters. The zero-order valence-corrected chi connectivity index (χ0v) is 20.2. The molecule has 2 amide bonds. The summed E-state index contributed by atoms with van der Waals surface area (Å²) in [6.45, 7) is 6.08. The molecular formula is C26H29N5O2S. The third-order valence-electron chi connectivity index (χ3n) is 7.07. The number of rotatable bonds is 5. The second-order valence-electron chi connectivity index (χ2n) is 9.61. The summed E-state index contributed by atoms with van der Waals surface area (Å²) in [6, 6.07) is 9.81. The van der Waals surface area contributed by atoms with Crippen molar-refractivity contribution in [3.63, 3.8) is 0 Å². The standard InChI is InChI=1S/C26H29N5O2S/c1-17(32)27-19-3-2-4-20(15-19)31-25-21-9-14-34-23(21)8-7-22(25)24(28-31)26(33)30-12-10-29(11-13-30)16-18-5-6-18/h2-4,9,14-15,18H,5-8,10-13,16H2,1H3,(H,27,32). The topological polar surface area (TPSA) is 70.5 Å². The van der Waals surface area contributed by atoms with E-state index < -0.39 is 0 Å². The van der Waals surface area contributed by atoms with Crippen LogP contribution in [0.25, 0.3) is 16.9 Å². The molecule has 1 aliphatic heterocycles. The minimum Gasteiger partial charge on any atom is -0.335 e. The van der Waals surface area contributed by atoms with Crippen molar-refractivity contribution in [3.05, 3.63) is 51.8 Å². The molecule has 1 aromatic carbocycles. The van der Waals surface area contributed by atoms with E-state index in [1.807, 2.05) is 33.8 Å². The molecule has 8 heteroatoms. The van der Waals surface area contributed by atoms with Gasteiger partial charge in [-0.05, 0) is 61.2 Å². The van der Waals surface area contributed by atoms with Gasteiger partial charge in [-0.15, -0.1) is 11.3 Å². The fourth-order valence-electron chi connectivity index (χ4n) is 5.17. The van der Waals surface area contributed by atoms with Crippen LogP contribution in [0.1, 0.15) is 40.7 Å². The molecule has 2 fully saturated rings. The van der Waals surface area contributed by atoms with Gasteiger partial charge in [-0.2, -0.15) is 5.10 Å². The summed E-state index contributed by atoms with van der Waals surface area (Å²) in [6.07, 6.45) is 4.47. The van der Waals surface area contributed by atoms with Gasteiger partial charge in [-0.1, -0.05) is 6.07 Å². The monoisotopic (exact) mass is 475 g/mol. The Kier molecular flexibility index (Phi) is 5.50. The summed E-state index contributed by atoms with van der Waals surface area (Å²) in [4.78, 5) is 31.1. The first-order valence-electron chi connectivity index (χ1n) is 12.1. The summed E-state index contributed by atoms with van der Waals surface area (Å²) in [5.74, 6) is 0.798. The number of anilines is 1. The molecule has 0 spiro atoms. The molecule has 3 heterocycles. The number of hydrogen-bond acceptors (Lipinski definition) is 5. The minimum absolute atomic E-state index is 0.0396. The summed E-state index contributed by atoms with van der Waals surface area (Å²) in [5, 5.41) is 9.89. The number of amides is 2. The van der Waals surface area contributed by atoms with E-state index >= 15 is 0 Å². The number of benzene rings is 1. The summed E-state index contributed by atoms with van der Waals surface area (Å²) < 4.78 is 1.90. The second kappa shape index (κ2) is 8.67. The van der Waals surface area contributed by atoms with Gasteiger partial charge in [-0.25, -0.2) is 4.68 Å². The van der Waals surface area contributed by atoms with Gasteiger partial charge in [0.05, 0.1) is 11.4 Å². The number of fused-ring (bicyclic) bond motifs is 3. The molecule has 2 aromatic heterocycles. The molecule has 0 bridgehead atoms. The first-order chi connectivity index (χ1) is 16.6. The quantitative estimate of drug-likeness (QED) is 0.609. The van der Waals surface area contributed by atoms with Crippen molar-refractivity contribution in [2.45, 2.75) is 32.6 Å². The normalized spacial score (nSPS) is 17.9. The molecule has 176 valence electrons. The lowest BCUT2D eigenvalue weighted by Gasteiger charge is -2.34. The van der Waals surface area contributed by atoms with Crippen LogP contribution in [0.4, 0.5) is 5.69 Å². The number of aromatic nitrogens is 2. The van der Waals surface area contributed by atoms with Gasteiger partial charge in [0.15, 0.2) is 5.69 Å². The zero-order valence-electron chi connectivity index (χ0n) is 19.4. The van der Waals surface area contributed by atoms with Crippen LogP contribution >= 0.6 is 11.3 Å². The molecule has 3 aliphatic rings. The Balaban J connectivity index is 1.35. The number of thiophene rings is 1. The highest BCUT2D eigenvalue weighted by atomic mass is 32.1. The average Bonchev–Trinajstić information content (AvgIpc) is 3.37. The van der Waals surface area contributed by atoms with Gasteiger partial charge in [0.1, 0.15) is 0 Å². The van der Waals surface area contributed by atoms with E-state index in [0.29, 0.717) is 5.69 Å².